The van der Waals surface area contributed by atoms with Crippen molar-refractivity contribution in [3.05, 3.63) is 12.2 Å². The standard InChI is InChI=1S/C7H11NO3/c1-6-2-3-8(4-6)7(10)11-5-9/h9H,1-5H2. The van der Waals surface area contributed by atoms with Crippen LogP contribution in [0.5, 0.6) is 0 Å². The summed E-state index contributed by atoms with van der Waals surface area (Å²) in [7, 11) is 0. The predicted octanol–water partition coefficient (Wildman–Crippen LogP) is 0.335. The number of hydrogen-bond donors (Lipinski definition) is 1. The largest absolute Gasteiger partial charge is 0.422 e. The van der Waals surface area contributed by atoms with Gasteiger partial charge in [0.15, 0.2) is 6.79 Å². The highest BCUT2D eigenvalue weighted by Gasteiger charge is 2.20. The number of hydrogen-bond acceptors (Lipinski definition) is 3. The van der Waals surface area contributed by atoms with Gasteiger partial charge in [-0.3, -0.25) is 0 Å². The lowest BCUT2D eigenvalue weighted by atomic mass is 10.3. The Labute approximate surface area is 65.1 Å². The molecule has 1 saturated heterocycles. The van der Waals surface area contributed by atoms with Crippen molar-refractivity contribution < 1.29 is 14.6 Å². The van der Waals surface area contributed by atoms with E-state index in [1.165, 1.54) is 4.90 Å². The van der Waals surface area contributed by atoms with Crippen molar-refractivity contribution in [1.29, 1.82) is 0 Å². The Kier molecular flexibility index (Phi) is 2.48. The molecule has 0 aromatic carbocycles. The van der Waals surface area contributed by atoms with Crippen LogP contribution >= 0.6 is 0 Å². The number of aliphatic hydroxyl groups excluding tert-OH is 1. The first-order valence-corrected chi connectivity index (χ1v) is 3.43. The summed E-state index contributed by atoms with van der Waals surface area (Å²) in [5, 5.41) is 8.27. The first-order chi connectivity index (χ1) is 5.24. The Morgan fingerprint density at radius 3 is 3.00 bits per heavy atom. The van der Waals surface area contributed by atoms with E-state index in [0.717, 1.165) is 12.0 Å². The van der Waals surface area contributed by atoms with Gasteiger partial charge >= 0.3 is 6.09 Å². The third kappa shape index (κ3) is 1.94. The van der Waals surface area contributed by atoms with Crippen LogP contribution in [0.2, 0.25) is 0 Å². The van der Waals surface area contributed by atoms with Crippen molar-refractivity contribution in [3.8, 4) is 0 Å². The molecule has 1 aliphatic rings. The molecule has 11 heavy (non-hydrogen) atoms. The fourth-order valence-electron chi connectivity index (χ4n) is 1.02. The number of ether oxygens (including phenoxy) is 1. The fraction of sp³-hybridized carbons (Fsp3) is 0.571. The monoisotopic (exact) mass is 157 g/mol. The zero-order valence-electron chi connectivity index (χ0n) is 6.25. The van der Waals surface area contributed by atoms with E-state index >= 15 is 0 Å². The number of nitrogens with zero attached hydrogens (tertiary/aromatic N) is 1. The van der Waals surface area contributed by atoms with Crippen molar-refractivity contribution in [1.82, 2.24) is 4.90 Å². The minimum Gasteiger partial charge on any atom is -0.422 e. The predicted molar refractivity (Wildman–Crippen MR) is 38.9 cm³/mol. The molecule has 0 atom stereocenters. The Bertz CT molecular complexity index is 179. The third-order valence-electron chi connectivity index (χ3n) is 1.60. The number of likely N-dealkylation sites (tertiary alicyclic amines) is 1. The molecule has 1 aliphatic heterocycles. The summed E-state index contributed by atoms with van der Waals surface area (Å²) in [6, 6.07) is 0. The Hall–Kier alpha value is -1.03. The lowest BCUT2D eigenvalue weighted by Crippen LogP contribution is -2.28. The second-order valence-electron chi connectivity index (χ2n) is 2.46. The maximum absolute atomic E-state index is 10.9. The van der Waals surface area contributed by atoms with Crippen LogP contribution < -0.4 is 0 Å². The molecule has 62 valence electrons. The summed E-state index contributed by atoms with van der Waals surface area (Å²) >= 11 is 0. The molecule has 0 aliphatic carbocycles. The summed E-state index contributed by atoms with van der Waals surface area (Å²) in [5.74, 6) is 0. The zero-order chi connectivity index (χ0) is 8.27. The summed E-state index contributed by atoms with van der Waals surface area (Å²) in [6.07, 6.45) is 0.367. The van der Waals surface area contributed by atoms with E-state index in [1.807, 2.05) is 0 Å². The minimum absolute atomic E-state index is 0.467. The molecule has 0 radical (unpaired) electrons. The van der Waals surface area contributed by atoms with Crippen LogP contribution in [0.3, 0.4) is 0 Å². The fourth-order valence-corrected chi connectivity index (χ4v) is 1.02. The van der Waals surface area contributed by atoms with E-state index < -0.39 is 12.9 Å². The Morgan fingerprint density at radius 2 is 2.55 bits per heavy atom. The van der Waals surface area contributed by atoms with Gasteiger partial charge in [0.2, 0.25) is 0 Å². The van der Waals surface area contributed by atoms with E-state index in [4.69, 9.17) is 5.11 Å². The topological polar surface area (TPSA) is 49.8 Å². The summed E-state index contributed by atoms with van der Waals surface area (Å²) in [5.41, 5.74) is 1.03. The molecule has 1 rings (SSSR count). The molecule has 0 saturated carbocycles. The van der Waals surface area contributed by atoms with Crippen molar-refractivity contribution in [3.63, 3.8) is 0 Å². The van der Waals surface area contributed by atoms with Gasteiger partial charge in [0.05, 0.1) is 0 Å². The second-order valence-corrected chi connectivity index (χ2v) is 2.46. The molecule has 4 nitrogen and oxygen atoms in total. The molecule has 4 heteroatoms. The van der Waals surface area contributed by atoms with Gasteiger partial charge in [-0.25, -0.2) is 4.79 Å². The Morgan fingerprint density at radius 1 is 1.82 bits per heavy atom. The smallest absolute Gasteiger partial charge is 0.412 e. The van der Waals surface area contributed by atoms with Gasteiger partial charge < -0.3 is 14.7 Å². The Balaban J connectivity index is 2.37. The second kappa shape index (κ2) is 3.39. The summed E-state index contributed by atoms with van der Waals surface area (Å²) in [6.45, 7) is 4.39. The normalized spacial score (nSPS) is 17.2. The van der Waals surface area contributed by atoms with Gasteiger partial charge in [0.1, 0.15) is 0 Å². The van der Waals surface area contributed by atoms with E-state index in [2.05, 4.69) is 11.3 Å². The van der Waals surface area contributed by atoms with Crippen LogP contribution in [0, 0.1) is 0 Å². The highest BCUT2D eigenvalue weighted by Crippen LogP contribution is 2.13. The molecule has 0 bridgehead atoms. The average Bonchev–Trinajstić information content (AvgIpc) is 2.36. The van der Waals surface area contributed by atoms with Gasteiger partial charge in [0.25, 0.3) is 0 Å². The van der Waals surface area contributed by atoms with Crippen LogP contribution in [-0.2, 0) is 4.74 Å². The lowest BCUT2D eigenvalue weighted by molar-refractivity contribution is 0.0262. The highest BCUT2D eigenvalue weighted by atomic mass is 16.6. The highest BCUT2D eigenvalue weighted by molar-refractivity contribution is 5.68. The number of carbonyl (C=O) groups is 1. The SMILES string of the molecule is C=C1CCN(C(=O)OCO)C1. The molecule has 0 unspecified atom stereocenters. The van der Waals surface area contributed by atoms with Gasteiger partial charge in [-0.15, -0.1) is 0 Å². The van der Waals surface area contributed by atoms with E-state index in [1.54, 1.807) is 0 Å². The molecular formula is C7H11NO3. The molecule has 1 N–H and O–H groups in total. The van der Waals surface area contributed by atoms with Crippen LogP contribution in [0.1, 0.15) is 6.42 Å². The number of carbonyl (C=O) groups excluding carboxylic acids is 1. The molecule has 0 spiro atoms. The van der Waals surface area contributed by atoms with Crippen molar-refractivity contribution >= 4 is 6.09 Å². The minimum atomic E-state index is -0.554. The molecule has 0 aromatic heterocycles. The molecule has 0 aromatic rings. The van der Waals surface area contributed by atoms with E-state index in [0.29, 0.717) is 13.1 Å². The van der Waals surface area contributed by atoms with Crippen LogP contribution in [-0.4, -0.2) is 36.0 Å². The van der Waals surface area contributed by atoms with E-state index in [-0.39, 0.29) is 0 Å². The molecule has 1 amide bonds. The zero-order valence-corrected chi connectivity index (χ0v) is 6.25. The van der Waals surface area contributed by atoms with Crippen LogP contribution in [0.4, 0.5) is 4.79 Å². The number of amides is 1. The van der Waals surface area contributed by atoms with Gasteiger partial charge in [-0.2, -0.15) is 0 Å². The summed E-state index contributed by atoms with van der Waals surface area (Å²) < 4.78 is 4.38. The molecule has 1 heterocycles. The number of rotatable bonds is 1. The first-order valence-electron chi connectivity index (χ1n) is 3.43. The van der Waals surface area contributed by atoms with Crippen LogP contribution in [0.15, 0.2) is 12.2 Å². The van der Waals surface area contributed by atoms with E-state index in [9.17, 15) is 4.79 Å². The van der Waals surface area contributed by atoms with Gasteiger partial charge in [-0.05, 0) is 6.42 Å². The maximum Gasteiger partial charge on any atom is 0.412 e. The maximum atomic E-state index is 10.9. The van der Waals surface area contributed by atoms with Crippen LogP contribution in [0.25, 0.3) is 0 Å². The van der Waals surface area contributed by atoms with Gasteiger partial charge in [-0.1, -0.05) is 12.2 Å². The van der Waals surface area contributed by atoms with Crippen molar-refractivity contribution in [2.45, 2.75) is 6.42 Å². The molecule has 1 fully saturated rings. The number of aliphatic hydroxyl groups is 1. The third-order valence-corrected chi connectivity index (χ3v) is 1.60. The lowest BCUT2D eigenvalue weighted by Gasteiger charge is -2.12. The molecular weight excluding hydrogens is 146 g/mol. The summed E-state index contributed by atoms with van der Waals surface area (Å²) in [4.78, 5) is 12.4. The van der Waals surface area contributed by atoms with Crippen molar-refractivity contribution in [2.24, 2.45) is 0 Å². The average molecular weight is 157 g/mol. The van der Waals surface area contributed by atoms with Crippen molar-refractivity contribution in [2.75, 3.05) is 19.9 Å². The first kappa shape index (κ1) is 8.07. The van der Waals surface area contributed by atoms with Gasteiger partial charge in [0, 0.05) is 13.1 Å². The quantitative estimate of drug-likeness (QED) is 0.441.